The third-order valence-electron chi connectivity index (χ3n) is 3.04. The third-order valence-corrected chi connectivity index (χ3v) is 3.04. The highest BCUT2D eigenvalue weighted by molar-refractivity contribution is 5.98. The number of hydrogen-bond donors (Lipinski definition) is 1. The lowest BCUT2D eigenvalue weighted by Gasteiger charge is -2.34. The van der Waals surface area contributed by atoms with Crippen LogP contribution in [-0.4, -0.2) is 34.6 Å². The van der Waals surface area contributed by atoms with Crippen LogP contribution in [0.3, 0.4) is 0 Å². The van der Waals surface area contributed by atoms with E-state index in [1.807, 2.05) is 20.8 Å². The molecule has 0 atom stereocenters. The van der Waals surface area contributed by atoms with Gasteiger partial charge >= 0.3 is 0 Å². The van der Waals surface area contributed by atoms with Gasteiger partial charge in [0.05, 0.1) is 0 Å². The second kappa shape index (κ2) is 6.52. The van der Waals surface area contributed by atoms with Crippen LogP contribution in [-0.2, 0) is 9.59 Å². The fourth-order valence-corrected chi connectivity index (χ4v) is 1.98. The zero-order valence-electron chi connectivity index (χ0n) is 13.2. The number of benzene rings is 1. The molecule has 1 N–H and O–H groups in total. The normalized spacial score (nSPS) is 10.9. The van der Waals surface area contributed by atoms with Crippen LogP contribution < -0.4 is 5.32 Å². The number of nitrogens with zero attached hydrogens (tertiary/aromatic N) is 1. The van der Waals surface area contributed by atoms with Crippen molar-refractivity contribution in [3.8, 4) is 0 Å². The van der Waals surface area contributed by atoms with Crippen LogP contribution >= 0.6 is 0 Å². The van der Waals surface area contributed by atoms with E-state index in [2.05, 4.69) is 5.32 Å². The Labute approximate surface area is 125 Å². The van der Waals surface area contributed by atoms with Gasteiger partial charge in [0.1, 0.15) is 6.54 Å². The summed E-state index contributed by atoms with van der Waals surface area (Å²) in [7, 11) is 0. The van der Waals surface area contributed by atoms with Gasteiger partial charge in [0.15, 0.2) is 5.78 Å². The number of ketones is 1. The van der Waals surface area contributed by atoms with E-state index >= 15 is 0 Å². The average Bonchev–Trinajstić information content (AvgIpc) is 2.34. The molecule has 1 rings (SSSR count). The first-order valence-corrected chi connectivity index (χ1v) is 6.80. The second-order valence-electron chi connectivity index (χ2n) is 5.96. The van der Waals surface area contributed by atoms with Gasteiger partial charge in [-0.1, -0.05) is 12.1 Å². The third kappa shape index (κ3) is 5.02. The summed E-state index contributed by atoms with van der Waals surface area (Å²) in [5, 5.41) is 2.71. The standard InChI is InChI=1S/C16H22N2O3/c1-11(19)13-7-6-8-14(9-13)17-15(21)10-18(12(2)20)16(3,4)5/h6-9H,10H2,1-5H3,(H,17,21). The highest BCUT2D eigenvalue weighted by Gasteiger charge is 2.25. The molecule has 0 heterocycles. The fraction of sp³-hybridized carbons (Fsp3) is 0.438. The number of Topliss-reactive ketones (excluding diaryl/α,β-unsaturated/α-hetero) is 1. The molecule has 0 saturated carbocycles. The van der Waals surface area contributed by atoms with E-state index in [0.717, 1.165) is 0 Å². The van der Waals surface area contributed by atoms with Crippen molar-refractivity contribution in [3.63, 3.8) is 0 Å². The first-order valence-electron chi connectivity index (χ1n) is 6.80. The summed E-state index contributed by atoms with van der Waals surface area (Å²) >= 11 is 0. The monoisotopic (exact) mass is 290 g/mol. The van der Waals surface area contributed by atoms with Crippen molar-refractivity contribution in [1.82, 2.24) is 4.90 Å². The molecule has 0 aliphatic rings. The molecule has 5 nitrogen and oxygen atoms in total. The molecule has 0 saturated heterocycles. The summed E-state index contributed by atoms with van der Waals surface area (Å²) in [6.07, 6.45) is 0. The van der Waals surface area contributed by atoms with Gasteiger partial charge in [-0.15, -0.1) is 0 Å². The number of nitrogens with one attached hydrogen (secondary N) is 1. The van der Waals surface area contributed by atoms with E-state index in [1.54, 1.807) is 24.3 Å². The Morgan fingerprint density at radius 3 is 2.24 bits per heavy atom. The molecule has 0 unspecified atom stereocenters. The average molecular weight is 290 g/mol. The van der Waals surface area contributed by atoms with Crippen molar-refractivity contribution in [2.45, 2.75) is 40.2 Å². The molecule has 1 aromatic rings. The first-order chi connectivity index (χ1) is 9.61. The summed E-state index contributed by atoms with van der Waals surface area (Å²) < 4.78 is 0. The molecule has 0 spiro atoms. The Morgan fingerprint density at radius 1 is 1.14 bits per heavy atom. The summed E-state index contributed by atoms with van der Waals surface area (Å²) in [6.45, 7) is 8.50. The van der Waals surface area contributed by atoms with Crippen molar-refractivity contribution in [2.75, 3.05) is 11.9 Å². The predicted octanol–water partition coefficient (Wildman–Crippen LogP) is 2.47. The zero-order chi connectivity index (χ0) is 16.2. The van der Waals surface area contributed by atoms with E-state index in [1.165, 1.54) is 18.7 Å². The molecule has 5 heteroatoms. The van der Waals surface area contributed by atoms with Crippen LogP contribution in [0, 0.1) is 0 Å². The number of carbonyl (C=O) groups excluding carboxylic acids is 3. The van der Waals surface area contributed by atoms with E-state index < -0.39 is 5.54 Å². The fourth-order valence-electron chi connectivity index (χ4n) is 1.98. The maximum atomic E-state index is 12.1. The SMILES string of the molecule is CC(=O)c1cccc(NC(=O)CN(C(C)=O)C(C)(C)C)c1. The molecule has 2 amide bonds. The Morgan fingerprint density at radius 2 is 1.76 bits per heavy atom. The van der Waals surface area contributed by atoms with Gasteiger partial charge < -0.3 is 10.2 Å². The number of anilines is 1. The van der Waals surface area contributed by atoms with Gasteiger partial charge in [0.25, 0.3) is 0 Å². The summed E-state index contributed by atoms with van der Waals surface area (Å²) in [5.41, 5.74) is 0.655. The van der Waals surface area contributed by atoms with E-state index in [0.29, 0.717) is 11.3 Å². The summed E-state index contributed by atoms with van der Waals surface area (Å²) in [6, 6.07) is 6.73. The van der Waals surface area contributed by atoms with Gasteiger partial charge in [-0.2, -0.15) is 0 Å². The molecule has 0 aliphatic carbocycles. The molecule has 0 bridgehead atoms. The van der Waals surface area contributed by atoms with E-state index in [9.17, 15) is 14.4 Å². The van der Waals surface area contributed by atoms with Gasteiger partial charge in [-0.25, -0.2) is 0 Å². The molecule has 0 aromatic heterocycles. The smallest absolute Gasteiger partial charge is 0.244 e. The van der Waals surface area contributed by atoms with Gasteiger partial charge in [0, 0.05) is 23.7 Å². The Kier molecular flexibility index (Phi) is 5.24. The van der Waals surface area contributed by atoms with E-state index in [4.69, 9.17) is 0 Å². The summed E-state index contributed by atoms with van der Waals surface area (Å²) in [4.78, 5) is 36.5. The predicted molar refractivity (Wildman–Crippen MR) is 82.2 cm³/mol. The highest BCUT2D eigenvalue weighted by Crippen LogP contribution is 2.15. The van der Waals surface area contributed by atoms with Crippen LogP contribution in [0.4, 0.5) is 5.69 Å². The Bertz CT molecular complexity index is 559. The van der Waals surface area contributed by atoms with Crippen LogP contribution in [0.2, 0.25) is 0 Å². The number of hydrogen-bond acceptors (Lipinski definition) is 3. The summed E-state index contributed by atoms with van der Waals surface area (Å²) in [5.74, 6) is -0.512. The lowest BCUT2D eigenvalue weighted by Crippen LogP contribution is -2.48. The Balaban J connectivity index is 2.79. The van der Waals surface area contributed by atoms with Crippen LogP contribution in [0.15, 0.2) is 24.3 Å². The van der Waals surface area contributed by atoms with Crippen LogP contribution in [0.5, 0.6) is 0 Å². The maximum absolute atomic E-state index is 12.1. The second-order valence-corrected chi connectivity index (χ2v) is 5.96. The molecular weight excluding hydrogens is 268 g/mol. The molecule has 0 fully saturated rings. The minimum absolute atomic E-state index is 0.0247. The van der Waals surface area contributed by atoms with Gasteiger partial charge in [0.2, 0.25) is 11.8 Å². The van der Waals surface area contributed by atoms with Gasteiger partial charge in [-0.3, -0.25) is 14.4 Å². The molecule has 0 aliphatic heterocycles. The lowest BCUT2D eigenvalue weighted by atomic mass is 10.1. The molecule has 1 aromatic carbocycles. The van der Waals surface area contributed by atoms with E-state index in [-0.39, 0.29) is 24.1 Å². The van der Waals surface area contributed by atoms with Gasteiger partial charge in [-0.05, 0) is 39.8 Å². The Hall–Kier alpha value is -2.17. The van der Waals surface area contributed by atoms with Crippen LogP contribution in [0.1, 0.15) is 45.0 Å². The largest absolute Gasteiger partial charge is 0.329 e. The lowest BCUT2D eigenvalue weighted by molar-refractivity contribution is -0.137. The minimum atomic E-state index is -0.426. The topological polar surface area (TPSA) is 66.5 Å². The molecule has 0 radical (unpaired) electrons. The quantitative estimate of drug-likeness (QED) is 0.866. The van der Waals surface area contributed by atoms with Crippen molar-refractivity contribution >= 4 is 23.3 Å². The highest BCUT2D eigenvalue weighted by atomic mass is 16.2. The van der Waals surface area contributed by atoms with Crippen molar-refractivity contribution in [2.24, 2.45) is 0 Å². The maximum Gasteiger partial charge on any atom is 0.244 e. The number of rotatable bonds is 4. The first kappa shape index (κ1) is 16.9. The van der Waals surface area contributed by atoms with Crippen molar-refractivity contribution in [3.05, 3.63) is 29.8 Å². The zero-order valence-corrected chi connectivity index (χ0v) is 13.2. The minimum Gasteiger partial charge on any atom is -0.329 e. The molecule has 114 valence electrons. The molecular formula is C16H22N2O3. The van der Waals surface area contributed by atoms with Crippen molar-refractivity contribution < 1.29 is 14.4 Å². The van der Waals surface area contributed by atoms with Crippen molar-refractivity contribution in [1.29, 1.82) is 0 Å². The van der Waals surface area contributed by atoms with Crippen LogP contribution in [0.25, 0.3) is 0 Å². The number of amides is 2. The number of carbonyl (C=O) groups is 3. The molecule has 21 heavy (non-hydrogen) atoms.